The first-order valence-corrected chi connectivity index (χ1v) is 22.4. The second kappa shape index (κ2) is 23.6. The number of allylic oxidation sites excluding steroid dienone is 7. The minimum Gasteiger partial charge on any atom is -0.506 e. The zero-order chi connectivity index (χ0) is 48.5. The first-order valence-electron chi connectivity index (χ1n) is 19.7. The zero-order valence-electron chi connectivity index (χ0n) is 36.3. The summed E-state index contributed by atoms with van der Waals surface area (Å²) in [4.78, 5) is 51.7. The fraction of sp³-hybridized carbons (Fsp3) is 0.233. The molecule has 0 bridgehead atoms. The van der Waals surface area contributed by atoms with Crippen molar-refractivity contribution in [3.05, 3.63) is 152 Å². The summed E-state index contributed by atoms with van der Waals surface area (Å²) in [7, 11) is 2.16. The first kappa shape index (κ1) is 53.5. The molecule has 2 aromatic heterocycles. The molecule has 3 heterocycles. The number of halogens is 3. The van der Waals surface area contributed by atoms with Crippen molar-refractivity contribution in [1.29, 1.82) is 0 Å². The van der Waals surface area contributed by atoms with Gasteiger partial charge in [-0.05, 0) is 87.7 Å². The number of nitrogens with zero attached hydrogens (tertiary/aromatic N) is 10. The Morgan fingerprint density at radius 1 is 0.791 bits per heavy atom. The quantitative estimate of drug-likeness (QED) is 0.0659. The molecule has 2 aliphatic carbocycles. The maximum Gasteiger partial charge on any atom is 0.319 e. The Kier molecular flexibility index (Phi) is 18.8. The molecule has 0 saturated heterocycles. The van der Waals surface area contributed by atoms with E-state index in [-0.39, 0.29) is 74.8 Å². The Morgan fingerprint density at radius 3 is 1.73 bits per heavy atom. The van der Waals surface area contributed by atoms with Crippen molar-refractivity contribution in [2.45, 2.75) is 46.5 Å². The van der Waals surface area contributed by atoms with Crippen LogP contribution >= 0.6 is 57.5 Å². The predicted molar refractivity (Wildman–Crippen MR) is 258 cm³/mol. The average Bonchev–Trinajstić information content (AvgIpc) is 4.01. The van der Waals surface area contributed by atoms with Crippen LogP contribution in [0.15, 0.2) is 121 Å². The van der Waals surface area contributed by atoms with Gasteiger partial charge in [0.1, 0.15) is 30.0 Å². The SMILES string of the molecule is CCN(CC)c1ccc(/C=C/C2=[N+](C)c3ccc(Cl)cc3C2(C)CC)c(C)c1.O=C1C=C(O)C(=NN=c2[n-]cc([N+](=O)[O-])s2)C=C1Cl.O=C1C=C(O)C(=NN=c2[n-]cc([N+](=O)[O-])s2)C=C1Cl.[Co]. The molecule has 1 atom stereocenters. The van der Waals surface area contributed by atoms with E-state index in [1.54, 1.807) is 0 Å². The summed E-state index contributed by atoms with van der Waals surface area (Å²) >= 11 is 18.9. The van der Waals surface area contributed by atoms with Crippen molar-refractivity contribution in [1.82, 2.24) is 9.97 Å². The van der Waals surface area contributed by atoms with E-state index in [9.17, 15) is 40.0 Å². The second-order valence-electron chi connectivity index (χ2n) is 14.3. The Morgan fingerprint density at radius 2 is 1.30 bits per heavy atom. The number of thiazole rings is 2. The minimum atomic E-state index is -0.600. The molecule has 0 saturated carbocycles. The van der Waals surface area contributed by atoms with Gasteiger partial charge < -0.3 is 35.3 Å². The number of hydrogen-bond acceptors (Lipinski definition) is 15. The summed E-state index contributed by atoms with van der Waals surface area (Å²) in [5.41, 5.74) is 7.68. The van der Waals surface area contributed by atoms with Gasteiger partial charge in [-0.15, -0.1) is 0 Å². The van der Waals surface area contributed by atoms with Gasteiger partial charge in [-0.2, -0.15) is 4.58 Å². The number of nitro groups is 2. The van der Waals surface area contributed by atoms with E-state index in [2.05, 4.69) is 124 Å². The standard InChI is InChI=1S/C25H32ClN2.2C9H5ClN4O4S.Co/c1-7-25(5)22-17-20(26)12-14-23(22)27(6)24(25)15-11-19-10-13-21(16-18(19)4)28(8-2)9-3;2*10-4-1-5(7(16)2-6(4)15)12-13-9-11-3-8(19-9)14(17)18;/h10-17H,7-9H2,1-6H3;2*1-3H,(H2,11,13,15,16);/q+1;;;/p-2. The molecule has 2 aromatic carbocycles. The van der Waals surface area contributed by atoms with Crippen LogP contribution in [-0.4, -0.2) is 73.5 Å². The third-order valence-corrected chi connectivity index (χ3v) is 12.7. The van der Waals surface area contributed by atoms with E-state index in [0.29, 0.717) is 0 Å². The number of carbonyl (C=O) groups excluding carboxylic acids is 2. The Bertz CT molecular complexity index is 2890. The summed E-state index contributed by atoms with van der Waals surface area (Å²) in [5.74, 6) is -1.85. The van der Waals surface area contributed by atoms with Crippen molar-refractivity contribution in [2.24, 2.45) is 20.4 Å². The maximum atomic E-state index is 11.1. The third kappa shape index (κ3) is 13.1. The molecule has 1 radical (unpaired) electrons. The molecule has 0 amide bonds. The Hall–Kier alpha value is -6.07. The molecule has 67 heavy (non-hydrogen) atoms. The maximum absolute atomic E-state index is 11.1. The number of aryl methyl sites for hydroxylation is 1. The number of rotatable bonds is 10. The van der Waals surface area contributed by atoms with Crippen molar-refractivity contribution in [2.75, 3.05) is 25.0 Å². The zero-order valence-corrected chi connectivity index (χ0v) is 41.2. The molecule has 7 rings (SSSR count). The molecule has 18 nitrogen and oxygen atoms in total. The number of benzene rings is 2. The number of carbonyl (C=O) groups is 2. The van der Waals surface area contributed by atoms with Crippen LogP contribution in [-0.2, 0) is 31.8 Å². The monoisotopic (exact) mass is 1050 g/mol. The molecule has 1 unspecified atom stereocenters. The van der Waals surface area contributed by atoms with E-state index in [4.69, 9.17) is 34.8 Å². The molecule has 3 aliphatic rings. The average molecular weight is 1050 g/mol. The first-order chi connectivity index (χ1) is 31.3. The topological polar surface area (TPSA) is 245 Å². The van der Waals surface area contributed by atoms with Crippen molar-refractivity contribution < 1.29 is 51.0 Å². The summed E-state index contributed by atoms with van der Waals surface area (Å²) in [6.45, 7) is 13.2. The smallest absolute Gasteiger partial charge is 0.319 e. The molecule has 1 aliphatic heterocycles. The number of hydrogen-bond donors (Lipinski definition) is 2. The molecule has 24 heteroatoms. The third-order valence-electron chi connectivity index (χ3n) is 10.2. The Labute approximate surface area is 416 Å². The van der Waals surface area contributed by atoms with E-state index < -0.39 is 21.4 Å². The minimum absolute atomic E-state index is 0. The van der Waals surface area contributed by atoms with Gasteiger partial charge >= 0.3 is 10.0 Å². The normalized spacial score (nSPS) is 18.3. The van der Waals surface area contributed by atoms with E-state index in [1.807, 2.05) is 6.07 Å². The molecule has 2 N–H and O–H groups in total. The van der Waals surface area contributed by atoms with E-state index >= 15 is 0 Å². The van der Waals surface area contributed by atoms with Crippen LogP contribution in [0.5, 0.6) is 0 Å². The van der Waals surface area contributed by atoms with E-state index in [0.717, 1.165) is 83.9 Å². The molecular weight excluding hydrogens is 1010 g/mol. The number of aliphatic hydroxyl groups is 2. The van der Waals surface area contributed by atoms with Crippen LogP contribution in [0.4, 0.5) is 21.4 Å². The molecule has 0 fully saturated rings. The number of fused-ring (bicyclic) bond motifs is 1. The van der Waals surface area contributed by atoms with Crippen LogP contribution in [0.2, 0.25) is 5.02 Å². The Balaban J connectivity index is 0.000000224. The number of aliphatic hydroxyl groups excluding tert-OH is 2. The molecule has 353 valence electrons. The summed E-state index contributed by atoms with van der Waals surface area (Å²) in [6.07, 6.45) is 11.8. The van der Waals surface area contributed by atoms with Gasteiger partial charge in [0.15, 0.2) is 5.71 Å². The molecular formula is C43H40Cl3CoN10O8S2-. The van der Waals surface area contributed by atoms with Gasteiger partial charge in [-0.3, -0.25) is 40.0 Å². The number of aromatic nitrogens is 2. The van der Waals surface area contributed by atoms with Crippen LogP contribution in [0.25, 0.3) is 6.08 Å². The van der Waals surface area contributed by atoms with Gasteiger partial charge in [0.05, 0.1) is 25.3 Å². The number of ketones is 2. The molecule has 0 spiro atoms. The van der Waals surface area contributed by atoms with Gasteiger partial charge in [-0.1, -0.05) is 70.5 Å². The van der Waals surface area contributed by atoms with Gasteiger partial charge in [0, 0.05) is 92.4 Å². The molecule has 4 aromatic rings. The predicted octanol–water partition coefficient (Wildman–Crippen LogP) is 8.64. The summed E-state index contributed by atoms with van der Waals surface area (Å²) < 4.78 is 2.31. The van der Waals surface area contributed by atoms with Gasteiger partial charge in [0.2, 0.25) is 17.3 Å². The summed E-state index contributed by atoms with van der Waals surface area (Å²) in [6, 6.07) is 13.0. The van der Waals surface area contributed by atoms with E-state index in [1.165, 1.54) is 33.8 Å². The van der Waals surface area contributed by atoms with Crippen molar-refractivity contribution >= 4 is 114 Å². The van der Waals surface area contributed by atoms with Crippen molar-refractivity contribution in [3.63, 3.8) is 0 Å². The van der Waals surface area contributed by atoms with Crippen LogP contribution in [0.1, 0.15) is 50.8 Å². The van der Waals surface area contributed by atoms with Crippen LogP contribution < -0.4 is 24.5 Å². The number of anilines is 1. The van der Waals surface area contributed by atoms with Crippen molar-refractivity contribution in [3.8, 4) is 0 Å². The fourth-order valence-corrected chi connectivity index (χ4v) is 8.14. The van der Waals surface area contributed by atoms with Gasteiger partial charge in [-0.25, -0.2) is 0 Å². The van der Waals surface area contributed by atoms with Crippen LogP contribution in [0.3, 0.4) is 0 Å². The van der Waals surface area contributed by atoms with Crippen LogP contribution in [0, 0.1) is 27.2 Å². The second-order valence-corrected chi connectivity index (χ2v) is 17.5. The summed E-state index contributed by atoms with van der Waals surface area (Å²) in [5, 5.41) is 54.5. The largest absolute Gasteiger partial charge is 0.506 e. The van der Waals surface area contributed by atoms with Gasteiger partial charge in [0.25, 0.3) is 0 Å². The fourth-order valence-electron chi connectivity index (χ4n) is 6.54.